The molecule has 0 saturated heterocycles. The zero-order valence-electron chi connectivity index (χ0n) is 10.7. The highest BCUT2D eigenvalue weighted by atomic mass is 16.4. The van der Waals surface area contributed by atoms with Crippen LogP contribution in [0, 0.1) is 6.92 Å². The molecule has 0 unspecified atom stereocenters. The highest BCUT2D eigenvalue weighted by molar-refractivity contribution is 5.94. The van der Waals surface area contributed by atoms with E-state index < -0.39 is 5.97 Å². The van der Waals surface area contributed by atoms with Gasteiger partial charge in [0.05, 0.1) is 5.69 Å². The van der Waals surface area contributed by atoms with Crippen LogP contribution in [0.5, 0.6) is 0 Å². The Morgan fingerprint density at radius 3 is 2.83 bits per heavy atom. The quantitative estimate of drug-likeness (QED) is 0.853. The van der Waals surface area contributed by atoms with Crippen molar-refractivity contribution in [1.82, 2.24) is 4.98 Å². The molecule has 0 radical (unpaired) electrons. The van der Waals surface area contributed by atoms with Crippen molar-refractivity contribution in [3.8, 4) is 0 Å². The van der Waals surface area contributed by atoms with E-state index in [1.807, 2.05) is 26.1 Å². The third-order valence-electron chi connectivity index (χ3n) is 3.13. The number of aromatic amines is 1. The van der Waals surface area contributed by atoms with E-state index in [2.05, 4.69) is 22.0 Å². The summed E-state index contributed by atoms with van der Waals surface area (Å²) >= 11 is 0. The molecular weight excluding hydrogens is 228 g/mol. The minimum absolute atomic E-state index is 0.214. The fourth-order valence-electron chi connectivity index (χ4n) is 2.33. The molecule has 0 saturated carbocycles. The van der Waals surface area contributed by atoms with Crippen LogP contribution in [0.15, 0.2) is 24.3 Å². The fraction of sp³-hybridized carbons (Fsp3) is 0.357. The molecule has 4 heteroatoms. The Labute approximate surface area is 106 Å². The zero-order chi connectivity index (χ0) is 13.1. The average molecular weight is 246 g/mol. The minimum atomic E-state index is -0.737. The molecule has 2 N–H and O–H groups in total. The smallest absolute Gasteiger partial charge is 0.303 e. The second-order valence-electron chi connectivity index (χ2n) is 4.56. The highest BCUT2D eigenvalue weighted by Gasteiger charge is 2.12. The molecule has 4 nitrogen and oxygen atoms in total. The first kappa shape index (κ1) is 12.5. The van der Waals surface area contributed by atoms with Gasteiger partial charge in [0, 0.05) is 36.6 Å². The van der Waals surface area contributed by atoms with Gasteiger partial charge in [-0.3, -0.25) is 4.79 Å². The van der Waals surface area contributed by atoms with Gasteiger partial charge in [0.15, 0.2) is 0 Å². The van der Waals surface area contributed by atoms with E-state index in [0.29, 0.717) is 6.42 Å². The Morgan fingerprint density at radius 2 is 2.11 bits per heavy atom. The van der Waals surface area contributed by atoms with E-state index in [1.54, 1.807) is 0 Å². The number of carboxylic acid groups (broad SMARTS) is 1. The first-order valence-electron chi connectivity index (χ1n) is 6.10. The van der Waals surface area contributed by atoms with Crippen LogP contribution < -0.4 is 4.90 Å². The first-order valence-corrected chi connectivity index (χ1v) is 6.10. The lowest BCUT2D eigenvalue weighted by Gasteiger charge is -2.19. The van der Waals surface area contributed by atoms with Crippen molar-refractivity contribution >= 4 is 22.6 Å². The standard InChI is InChI=1S/C14H18N2O2/c1-10-14(16(2)9-5-8-13(17)18)11-6-3-4-7-12(11)15-10/h3-4,6-7,15H,5,8-9H2,1-2H3,(H,17,18). The first-order chi connectivity index (χ1) is 8.59. The van der Waals surface area contributed by atoms with Gasteiger partial charge in [0.25, 0.3) is 0 Å². The molecule has 0 aliphatic heterocycles. The van der Waals surface area contributed by atoms with Crippen LogP contribution in [-0.2, 0) is 4.79 Å². The van der Waals surface area contributed by atoms with Crippen molar-refractivity contribution in [2.45, 2.75) is 19.8 Å². The number of anilines is 1. The Hall–Kier alpha value is -1.97. The van der Waals surface area contributed by atoms with Crippen molar-refractivity contribution < 1.29 is 9.90 Å². The summed E-state index contributed by atoms with van der Waals surface area (Å²) in [4.78, 5) is 16.0. The number of carbonyl (C=O) groups is 1. The van der Waals surface area contributed by atoms with Crippen LogP contribution in [0.2, 0.25) is 0 Å². The molecule has 0 atom stereocenters. The summed E-state index contributed by atoms with van der Waals surface area (Å²) in [6.07, 6.45) is 0.872. The van der Waals surface area contributed by atoms with Crippen LogP contribution in [0.3, 0.4) is 0 Å². The number of hydrogen-bond acceptors (Lipinski definition) is 2. The summed E-state index contributed by atoms with van der Waals surface area (Å²) in [7, 11) is 2.00. The number of aryl methyl sites for hydroxylation is 1. The zero-order valence-corrected chi connectivity index (χ0v) is 10.7. The van der Waals surface area contributed by atoms with E-state index in [-0.39, 0.29) is 6.42 Å². The molecule has 0 spiro atoms. The summed E-state index contributed by atoms with van der Waals surface area (Å²) in [5, 5.41) is 9.85. The molecule has 2 rings (SSSR count). The van der Waals surface area contributed by atoms with Gasteiger partial charge in [0.1, 0.15) is 0 Å². The number of carboxylic acids is 1. The third kappa shape index (κ3) is 2.47. The number of fused-ring (bicyclic) bond motifs is 1. The van der Waals surface area contributed by atoms with Gasteiger partial charge in [-0.25, -0.2) is 0 Å². The van der Waals surface area contributed by atoms with Gasteiger partial charge in [-0.1, -0.05) is 18.2 Å². The second-order valence-corrected chi connectivity index (χ2v) is 4.56. The Balaban J connectivity index is 2.19. The number of rotatable bonds is 5. The van der Waals surface area contributed by atoms with Crippen LogP contribution >= 0.6 is 0 Å². The lowest BCUT2D eigenvalue weighted by molar-refractivity contribution is -0.137. The van der Waals surface area contributed by atoms with E-state index in [0.717, 1.165) is 23.4 Å². The predicted molar refractivity (Wildman–Crippen MR) is 73.2 cm³/mol. The number of hydrogen-bond donors (Lipinski definition) is 2. The van der Waals surface area contributed by atoms with Gasteiger partial charge >= 0.3 is 5.97 Å². The lowest BCUT2D eigenvalue weighted by atomic mass is 10.2. The van der Waals surface area contributed by atoms with Crippen LogP contribution in [0.4, 0.5) is 5.69 Å². The third-order valence-corrected chi connectivity index (χ3v) is 3.13. The molecule has 0 amide bonds. The van der Waals surface area contributed by atoms with Gasteiger partial charge in [-0.2, -0.15) is 0 Å². The van der Waals surface area contributed by atoms with Gasteiger partial charge < -0.3 is 15.0 Å². The highest BCUT2D eigenvalue weighted by Crippen LogP contribution is 2.29. The van der Waals surface area contributed by atoms with E-state index in [4.69, 9.17) is 5.11 Å². The molecule has 0 aliphatic rings. The Bertz CT molecular complexity index is 560. The molecule has 96 valence electrons. The van der Waals surface area contributed by atoms with Crippen molar-refractivity contribution in [1.29, 1.82) is 0 Å². The molecular formula is C14H18N2O2. The van der Waals surface area contributed by atoms with Crippen molar-refractivity contribution in [3.63, 3.8) is 0 Å². The Morgan fingerprint density at radius 1 is 1.39 bits per heavy atom. The van der Waals surface area contributed by atoms with Gasteiger partial charge in [-0.05, 0) is 19.4 Å². The maximum atomic E-state index is 10.5. The maximum absolute atomic E-state index is 10.5. The van der Waals surface area contributed by atoms with Gasteiger partial charge in [0.2, 0.25) is 0 Å². The van der Waals surface area contributed by atoms with E-state index in [9.17, 15) is 4.79 Å². The normalized spacial score (nSPS) is 10.8. The second kappa shape index (κ2) is 5.12. The summed E-state index contributed by atoms with van der Waals surface area (Å²) in [5.41, 5.74) is 3.40. The monoisotopic (exact) mass is 246 g/mol. The van der Waals surface area contributed by atoms with Crippen LogP contribution in [-0.4, -0.2) is 29.7 Å². The number of aromatic nitrogens is 1. The predicted octanol–water partition coefficient (Wildman–Crippen LogP) is 2.78. The number of H-pyrrole nitrogens is 1. The molecule has 1 aromatic heterocycles. The molecule has 1 heterocycles. The molecule has 2 aromatic rings. The Kier molecular flexibility index (Phi) is 3.55. The summed E-state index contributed by atoms with van der Waals surface area (Å²) < 4.78 is 0. The molecule has 0 bridgehead atoms. The average Bonchev–Trinajstić information content (AvgIpc) is 2.64. The summed E-state index contributed by atoms with van der Waals surface area (Å²) in [5.74, 6) is -0.737. The summed E-state index contributed by atoms with van der Waals surface area (Å²) in [6.45, 7) is 2.79. The maximum Gasteiger partial charge on any atom is 0.303 e. The van der Waals surface area contributed by atoms with Crippen LogP contribution in [0.25, 0.3) is 10.9 Å². The molecule has 0 fully saturated rings. The fourth-order valence-corrected chi connectivity index (χ4v) is 2.33. The van der Waals surface area contributed by atoms with E-state index >= 15 is 0 Å². The molecule has 0 aliphatic carbocycles. The SMILES string of the molecule is Cc1[nH]c2ccccc2c1N(C)CCCC(=O)O. The van der Waals surface area contributed by atoms with Crippen molar-refractivity contribution in [2.75, 3.05) is 18.5 Å². The summed E-state index contributed by atoms with van der Waals surface area (Å²) in [6, 6.07) is 8.16. The number of nitrogens with one attached hydrogen (secondary N) is 1. The van der Waals surface area contributed by atoms with E-state index in [1.165, 1.54) is 5.39 Å². The minimum Gasteiger partial charge on any atom is -0.481 e. The lowest BCUT2D eigenvalue weighted by Crippen LogP contribution is -2.19. The number of nitrogens with zero attached hydrogens (tertiary/aromatic N) is 1. The molecule has 1 aromatic carbocycles. The van der Waals surface area contributed by atoms with Crippen molar-refractivity contribution in [3.05, 3.63) is 30.0 Å². The number of aliphatic carboxylic acids is 1. The van der Waals surface area contributed by atoms with Crippen molar-refractivity contribution in [2.24, 2.45) is 0 Å². The largest absolute Gasteiger partial charge is 0.481 e. The van der Waals surface area contributed by atoms with Gasteiger partial charge in [-0.15, -0.1) is 0 Å². The molecule has 18 heavy (non-hydrogen) atoms. The number of para-hydroxylation sites is 1. The number of benzene rings is 1. The topological polar surface area (TPSA) is 56.3 Å². The van der Waals surface area contributed by atoms with Crippen LogP contribution in [0.1, 0.15) is 18.5 Å².